The van der Waals surface area contributed by atoms with Crippen LogP contribution in [0.2, 0.25) is 0 Å². The highest BCUT2D eigenvalue weighted by atomic mass is 32.2. The molecule has 0 radical (unpaired) electrons. The number of aryl methyl sites for hydroxylation is 1. The van der Waals surface area contributed by atoms with Crippen molar-refractivity contribution in [1.82, 2.24) is 4.98 Å². The first-order valence-electron chi connectivity index (χ1n) is 9.56. The van der Waals surface area contributed by atoms with Gasteiger partial charge in [0.15, 0.2) is 11.5 Å². The third-order valence-corrected chi connectivity index (χ3v) is 6.97. The van der Waals surface area contributed by atoms with Gasteiger partial charge in [-0.25, -0.2) is 4.98 Å². The van der Waals surface area contributed by atoms with Crippen LogP contribution in [0.15, 0.2) is 71.6 Å². The molecule has 0 aliphatic rings. The van der Waals surface area contributed by atoms with E-state index in [0.717, 1.165) is 15.8 Å². The summed E-state index contributed by atoms with van der Waals surface area (Å²) in [6.07, 6.45) is 1.68. The monoisotopic (exact) mass is 462 g/mol. The molecule has 4 rings (SSSR count). The average Bonchev–Trinajstić information content (AvgIpc) is 3.22. The van der Waals surface area contributed by atoms with Crippen LogP contribution in [0.4, 0.5) is 0 Å². The maximum absolute atomic E-state index is 12.6. The van der Waals surface area contributed by atoms with Gasteiger partial charge in [-0.15, -0.1) is 11.3 Å². The van der Waals surface area contributed by atoms with E-state index in [0.29, 0.717) is 16.1 Å². The van der Waals surface area contributed by atoms with Crippen LogP contribution in [0.5, 0.6) is 11.5 Å². The Hall–Kier alpha value is -3.67. The maximum atomic E-state index is 12.6. The van der Waals surface area contributed by atoms with Crippen molar-refractivity contribution in [2.24, 2.45) is 0 Å². The Balaban J connectivity index is 1.65. The van der Waals surface area contributed by atoms with E-state index in [9.17, 15) is 13.7 Å². The number of methoxy groups -OCH3 is 1. The second-order valence-electron chi connectivity index (χ2n) is 6.92. The van der Waals surface area contributed by atoms with Gasteiger partial charge in [0.2, 0.25) is 0 Å². The van der Waals surface area contributed by atoms with Crippen molar-refractivity contribution >= 4 is 43.3 Å². The fourth-order valence-corrected chi connectivity index (χ4v) is 4.88. The number of rotatable bonds is 6. The fraction of sp³-hybridized carbons (Fsp3) is 0.0833. The van der Waals surface area contributed by atoms with E-state index in [2.05, 4.69) is 11.1 Å². The third-order valence-electron chi connectivity index (χ3n) is 4.65. The van der Waals surface area contributed by atoms with Crippen LogP contribution in [-0.2, 0) is 10.1 Å². The number of thiazole rings is 1. The SMILES string of the molecule is COc1cc(/C=C(/C#N)c2nc3ccccc3s2)ccc1OS(=O)(=O)c1ccc(C)cc1. The molecule has 0 atom stereocenters. The summed E-state index contributed by atoms with van der Waals surface area (Å²) in [7, 11) is -2.59. The van der Waals surface area contributed by atoms with Gasteiger partial charge in [-0.05, 0) is 55.0 Å². The smallest absolute Gasteiger partial charge is 0.339 e. The lowest BCUT2D eigenvalue weighted by molar-refractivity contribution is 0.390. The van der Waals surface area contributed by atoms with Crippen molar-refractivity contribution in [2.45, 2.75) is 11.8 Å². The van der Waals surface area contributed by atoms with Crippen molar-refractivity contribution < 1.29 is 17.3 Å². The molecule has 32 heavy (non-hydrogen) atoms. The van der Waals surface area contributed by atoms with Gasteiger partial charge in [0.05, 0.1) is 22.9 Å². The largest absolute Gasteiger partial charge is 0.493 e. The molecule has 0 fully saturated rings. The summed E-state index contributed by atoms with van der Waals surface area (Å²) in [6, 6.07) is 21.0. The molecule has 0 saturated heterocycles. The van der Waals surface area contributed by atoms with E-state index < -0.39 is 10.1 Å². The molecule has 0 aliphatic carbocycles. The van der Waals surface area contributed by atoms with Crippen molar-refractivity contribution in [1.29, 1.82) is 5.26 Å². The molecule has 0 spiro atoms. The van der Waals surface area contributed by atoms with Crippen molar-refractivity contribution in [3.63, 3.8) is 0 Å². The maximum Gasteiger partial charge on any atom is 0.339 e. The molecule has 1 heterocycles. The first-order valence-corrected chi connectivity index (χ1v) is 11.8. The average molecular weight is 463 g/mol. The van der Waals surface area contributed by atoms with Crippen LogP contribution in [0, 0.1) is 18.3 Å². The molecule has 3 aromatic carbocycles. The summed E-state index contributed by atoms with van der Waals surface area (Å²) in [4.78, 5) is 4.57. The summed E-state index contributed by atoms with van der Waals surface area (Å²) in [6.45, 7) is 1.87. The van der Waals surface area contributed by atoms with E-state index in [-0.39, 0.29) is 16.4 Å². The Morgan fingerprint density at radius 1 is 1.06 bits per heavy atom. The summed E-state index contributed by atoms with van der Waals surface area (Å²) in [5.74, 6) is 0.291. The number of allylic oxidation sites excluding steroid dienone is 1. The van der Waals surface area contributed by atoms with Crippen LogP contribution in [0.1, 0.15) is 16.1 Å². The lowest BCUT2D eigenvalue weighted by Crippen LogP contribution is -2.10. The van der Waals surface area contributed by atoms with Crippen molar-refractivity contribution in [3.05, 3.63) is 82.9 Å². The molecule has 160 valence electrons. The molecule has 0 N–H and O–H groups in total. The number of hydrogen-bond donors (Lipinski definition) is 0. The van der Waals surface area contributed by atoms with E-state index in [1.54, 1.807) is 30.3 Å². The van der Waals surface area contributed by atoms with Crippen LogP contribution in [0.3, 0.4) is 0 Å². The highest BCUT2D eigenvalue weighted by Gasteiger charge is 2.19. The van der Waals surface area contributed by atoms with Crippen LogP contribution in [-0.4, -0.2) is 20.5 Å². The Morgan fingerprint density at radius 2 is 1.81 bits per heavy atom. The van der Waals surface area contributed by atoms with E-state index in [4.69, 9.17) is 8.92 Å². The highest BCUT2D eigenvalue weighted by Crippen LogP contribution is 2.33. The lowest BCUT2D eigenvalue weighted by atomic mass is 10.1. The molecule has 0 aliphatic heterocycles. The van der Waals surface area contributed by atoms with Crippen molar-refractivity contribution in [2.75, 3.05) is 7.11 Å². The normalized spacial score (nSPS) is 11.8. The van der Waals surface area contributed by atoms with E-state index in [1.165, 1.54) is 36.6 Å². The summed E-state index contributed by atoms with van der Waals surface area (Å²) < 4.78 is 36.9. The number of benzene rings is 3. The zero-order valence-electron chi connectivity index (χ0n) is 17.3. The first kappa shape index (κ1) is 21.6. The molecule has 4 aromatic rings. The molecule has 0 saturated carbocycles. The standard InChI is InChI=1S/C24H18N2O4S2/c1-16-7-10-19(11-8-16)32(27,28)30-21-12-9-17(14-22(21)29-2)13-18(15-25)24-26-20-5-3-4-6-23(20)31-24/h3-14H,1-2H3/b18-13-. The van der Waals surface area contributed by atoms with E-state index in [1.807, 2.05) is 31.2 Å². The minimum atomic E-state index is -4.02. The number of nitrogens with zero attached hydrogens (tertiary/aromatic N) is 2. The molecule has 0 bridgehead atoms. The molecular weight excluding hydrogens is 444 g/mol. The van der Waals surface area contributed by atoms with Gasteiger partial charge in [-0.3, -0.25) is 0 Å². The van der Waals surface area contributed by atoms with Gasteiger partial charge in [-0.1, -0.05) is 35.9 Å². The number of nitriles is 1. The zero-order valence-corrected chi connectivity index (χ0v) is 18.9. The fourth-order valence-electron chi connectivity index (χ4n) is 3.01. The molecule has 1 aromatic heterocycles. The van der Waals surface area contributed by atoms with Gasteiger partial charge in [0, 0.05) is 0 Å². The Kier molecular flexibility index (Phi) is 5.95. The second-order valence-corrected chi connectivity index (χ2v) is 9.49. The number of para-hydroxylation sites is 1. The Morgan fingerprint density at radius 3 is 2.50 bits per heavy atom. The Labute approximate surface area is 190 Å². The molecule has 6 nitrogen and oxygen atoms in total. The number of fused-ring (bicyclic) bond motifs is 1. The first-order chi connectivity index (χ1) is 15.4. The highest BCUT2D eigenvalue weighted by molar-refractivity contribution is 7.87. The van der Waals surface area contributed by atoms with Gasteiger partial charge in [-0.2, -0.15) is 13.7 Å². The number of ether oxygens (including phenoxy) is 1. The summed E-state index contributed by atoms with van der Waals surface area (Å²) in [5, 5.41) is 10.3. The molecule has 8 heteroatoms. The van der Waals surface area contributed by atoms with Gasteiger partial charge in [0.1, 0.15) is 16.0 Å². The predicted molar refractivity (Wildman–Crippen MR) is 125 cm³/mol. The molecular formula is C24H18N2O4S2. The van der Waals surface area contributed by atoms with Crippen LogP contribution < -0.4 is 8.92 Å². The quantitative estimate of drug-likeness (QED) is 0.280. The van der Waals surface area contributed by atoms with Crippen LogP contribution >= 0.6 is 11.3 Å². The van der Waals surface area contributed by atoms with Gasteiger partial charge < -0.3 is 8.92 Å². The van der Waals surface area contributed by atoms with E-state index >= 15 is 0 Å². The summed E-state index contributed by atoms with van der Waals surface area (Å²) >= 11 is 1.43. The third kappa shape index (κ3) is 4.49. The minimum Gasteiger partial charge on any atom is -0.493 e. The zero-order chi connectivity index (χ0) is 22.7. The topological polar surface area (TPSA) is 89.3 Å². The summed E-state index contributed by atoms with van der Waals surface area (Å²) in [5.41, 5.74) is 2.82. The van der Waals surface area contributed by atoms with Crippen LogP contribution in [0.25, 0.3) is 21.9 Å². The number of hydrogen-bond acceptors (Lipinski definition) is 7. The lowest BCUT2D eigenvalue weighted by Gasteiger charge is -2.11. The predicted octanol–water partition coefficient (Wildman–Crippen LogP) is 5.45. The molecule has 0 unspecified atom stereocenters. The minimum absolute atomic E-state index is 0.0525. The van der Waals surface area contributed by atoms with Gasteiger partial charge in [0.25, 0.3) is 0 Å². The second kappa shape index (κ2) is 8.83. The number of aromatic nitrogens is 1. The Bertz CT molecular complexity index is 1430. The molecule has 0 amide bonds. The van der Waals surface area contributed by atoms with Crippen molar-refractivity contribution in [3.8, 4) is 17.6 Å². The van der Waals surface area contributed by atoms with Gasteiger partial charge >= 0.3 is 10.1 Å².